The van der Waals surface area contributed by atoms with Gasteiger partial charge in [0.1, 0.15) is 0 Å². The molecule has 1 saturated carbocycles. The van der Waals surface area contributed by atoms with Crippen LogP contribution in [0.3, 0.4) is 0 Å². The molecule has 3 nitrogen and oxygen atoms in total. The van der Waals surface area contributed by atoms with Gasteiger partial charge in [0.05, 0.1) is 16.9 Å². The molecule has 0 bridgehead atoms. The van der Waals surface area contributed by atoms with E-state index in [1.165, 1.54) is 12.8 Å². The largest absolute Gasteiger partial charge is 0.314 e. The lowest BCUT2D eigenvalue weighted by Crippen LogP contribution is -2.26. The molecule has 16 heavy (non-hydrogen) atoms. The number of nitrogens with zero attached hydrogens (tertiary/aromatic N) is 2. The number of halogens is 1. The minimum Gasteiger partial charge on any atom is -0.314 e. The quantitative estimate of drug-likeness (QED) is 0.859. The molecule has 1 aliphatic rings. The van der Waals surface area contributed by atoms with Gasteiger partial charge in [-0.3, -0.25) is 4.68 Å². The van der Waals surface area contributed by atoms with Crippen molar-refractivity contribution >= 4 is 11.6 Å². The molecule has 0 aromatic carbocycles. The molecule has 1 fully saturated rings. The van der Waals surface area contributed by atoms with E-state index in [-0.39, 0.29) is 0 Å². The molecule has 0 saturated heterocycles. The molecular weight excluding hydrogens is 222 g/mol. The van der Waals surface area contributed by atoms with Crippen molar-refractivity contribution in [2.45, 2.75) is 38.6 Å². The van der Waals surface area contributed by atoms with E-state index >= 15 is 0 Å². The summed E-state index contributed by atoms with van der Waals surface area (Å²) in [5.41, 5.74) is 1.15. The van der Waals surface area contributed by atoms with Gasteiger partial charge in [-0.2, -0.15) is 5.10 Å². The normalized spacial score (nSPS) is 19.8. The van der Waals surface area contributed by atoms with Crippen molar-refractivity contribution in [1.82, 2.24) is 15.1 Å². The molecule has 4 heteroatoms. The molecular formula is C12H20ClN3. The van der Waals surface area contributed by atoms with Crippen LogP contribution in [0, 0.1) is 5.92 Å². The molecule has 1 heterocycles. The summed E-state index contributed by atoms with van der Waals surface area (Å²) in [6.45, 7) is 5.55. The van der Waals surface area contributed by atoms with Crippen molar-refractivity contribution in [3.05, 3.63) is 16.9 Å². The highest BCUT2D eigenvalue weighted by molar-refractivity contribution is 6.31. The van der Waals surface area contributed by atoms with Crippen molar-refractivity contribution < 1.29 is 0 Å². The predicted molar refractivity (Wildman–Crippen MR) is 66.8 cm³/mol. The Balaban J connectivity index is 1.96. The van der Waals surface area contributed by atoms with E-state index in [4.69, 9.17) is 11.6 Å². The second kappa shape index (κ2) is 4.76. The van der Waals surface area contributed by atoms with E-state index in [1.807, 2.05) is 11.7 Å². The van der Waals surface area contributed by atoms with Gasteiger partial charge >= 0.3 is 0 Å². The zero-order valence-electron chi connectivity index (χ0n) is 10.2. The summed E-state index contributed by atoms with van der Waals surface area (Å²) in [7, 11) is 1.96. The highest BCUT2D eigenvalue weighted by atomic mass is 35.5. The van der Waals surface area contributed by atoms with Crippen molar-refractivity contribution in [3.8, 4) is 0 Å². The molecule has 0 spiro atoms. The van der Waals surface area contributed by atoms with Gasteiger partial charge in [-0.15, -0.1) is 0 Å². The van der Waals surface area contributed by atoms with Gasteiger partial charge in [0.2, 0.25) is 0 Å². The van der Waals surface area contributed by atoms with E-state index in [2.05, 4.69) is 24.3 Å². The Morgan fingerprint density at radius 3 is 2.75 bits per heavy atom. The molecule has 2 rings (SSSR count). The molecule has 1 aromatic heterocycles. The Hall–Kier alpha value is -0.540. The first-order valence-electron chi connectivity index (χ1n) is 6.00. The van der Waals surface area contributed by atoms with Crippen LogP contribution in [0.2, 0.25) is 5.02 Å². The van der Waals surface area contributed by atoms with Crippen LogP contribution in [0.5, 0.6) is 0 Å². The zero-order valence-corrected chi connectivity index (χ0v) is 11.0. The van der Waals surface area contributed by atoms with Crippen LogP contribution < -0.4 is 5.32 Å². The number of aromatic nitrogens is 2. The molecule has 1 aliphatic carbocycles. The van der Waals surface area contributed by atoms with E-state index in [0.29, 0.717) is 11.8 Å². The lowest BCUT2D eigenvalue weighted by Gasteiger charge is -2.21. The summed E-state index contributed by atoms with van der Waals surface area (Å²) in [5.74, 6) is 1.01. The molecule has 0 radical (unpaired) electrons. The van der Waals surface area contributed by atoms with E-state index in [9.17, 15) is 0 Å². The van der Waals surface area contributed by atoms with Crippen LogP contribution in [0.1, 0.15) is 38.3 Å². The fraction of sp³-hybridized carbons (Fsp3) is 0.750. The number of nitrogens with one attached hydrogen (secondary N) is 1. The lowest BCUT2D eigenvalue weighted by molar-refractivity contribution is 0.428. The van der Waals surface area contributed by atoms with Crippen LogP contribution >= 0.6 is 11.6 Å². The van der Waals surface area contributed by atoms with Crippen molar-refractivity contribution in [2.24, 2.45) is 13.0 Å². The molecule has 0 aliphatic heterocycles. The lowest BCUT2D eigenvalue weighted by atomic mass is 9.92. The Labute approximate surface area is 102 Å². The fourth-order valence-corrected chi connectivity index (χ4v) is 2.36. The third-order valence-electron chi connectivity index (χ3n) is 3.53. The number of hydrogen-bond donors (Lipinski definition) is 1. The molecule has 2 atom stereocenters. The first kappa shape index (κ1) is 11.9. The summed E-state index contributed by atoms with van der Waals surface area (Å²) in [6.07, 6.45) is 4.41. The summed E-state index contributed by atoms with van der Waals surface area (Å²) in [6, 6.07) is 0.775. The second-order valence-corrected chi connectivity index (χ2v) is 5.36. The van der Waals surface area contributed by atoms with Crippen LogP contribution in [0.25, 0.3) is 0 Å². The van der Waals surface area contributed by atoms with E-state index in [1.54, 1.807) is 6.20 Å². The molecule has 0 amide bonds. The van der Waals surface area contributed by atoms with Gasteiger partial charge in [-0.05, 0) is 25.3 Å². The second-order valence-electron chi connectivity index (χ2n) is 4.95. The fourth-order valence-electron chi connectivity index (χ4n) is 2.02. The van der Waals surface area contributed by atoms with Crippen LogP contribution in [0.15, 0.2) is 6.20 Å². The van der Waals surface area contributed by atoms with Gasteiger partial charge in [0, 0.05) is 19.0 Å². The third-order valence-corrected chi connectivity index (χ3v) is 3.82. The monoisotopic (exact) mass is 241 g/mol. The van der Waals surface area contributed by atoms with E-state index in [0.717, 1.165) is 23.3 Å². The third kappa shape index (κ3) is 2.58. The van der Waals surface area contributed by atoms with E-state index < -0.39 is 0 Å². The average Bonchev–Trinajstić information content (AvgIpc) is 3.01. The first-order chi connectivity index (χ1) is 7.59. The minimum absolute atomic E-state index is 0.436. The SMILES string of the molecule is CC(CNC1CC1)C(C)c1c(Cl)cnn1C. The number of rotatable bonds is 5. The van der Waals surface area contributed by atoms with Crippen LogP contribution in [-0.4, -0.2) is 22.4 Å². The minimum atomic E-state index is 0.436. The average molecular weight is 242 g/mol. The van der Waals surface area contributed by atoms with Gasteiger partial charge < -0.3 is 5.32 Å². The topological polar surface area (TPSA) is 29.9 Å². The van der Waals surface area contributed by atoms with Crippen molar-refractivity contribution in [3.63, 3.8) is 0 Å². The first-order valence-corrected chi connectivity index (χ1v) is 6.38. The summed E-state index contributed by atoms with van der Waals surface area (Å²) >= 11 is 6.16. The Kier molecular flexibility index (Phi) is 3.55. The van der Waals surface area contributed by atoms with Gasteiger partial charge in [0.25, 0.3) is 0 Å². The molecule has 1 N–H and O–H groups in total. The van der Waals surface area contributed by atoms with Gasteiger partial charge in [-0.1, -0.05) is 25.4 Å². The Morgan fingerprint density at radius 1 is 1.56 bits per heavy atom. The standard InChI is InChI=1S/C12H20ClN3/c1-8(6-14-10-4-5-10)9(2)12-11(13)7-15-16(12)3/h7-10,14H,4-6H2,1-3H3. The Bertz CT molecular complexity index is 338. The summed E-state index contributed by atoms with van der Waals surface area (Å²) in [5, 5.41) is 8.54. The van der Waals surface area contributed by atoms with Gasteiger partial charge in [-0.25, -0.2) is 0 Å². The predicted octanol–water partition coefficient (Wildman–Crippen LogP) is 2.57. The van der Waals surface area contributed by atoms with Gasteiger partial charge in [0.15, 0.2) is 0 Å². The zero-order chi connectivity index (χ0) is 11.7. The molecule has 90 valence electrons. The smallest absolute Gasteiger partial charge is 0.0820 e. The Morgan fingerprint density at radius 2 is 2.25 bits per heavy atom. The maximum absolute atomic E-state index is 6.16. The molecule has 2 unspecified atom stereocenters. The highest BCUT2D eigenvalue weighted by Gasteiger charge is 2.24. The summed E-state index contributed by atoms with van der Waals surface area (Å²) < 4.78 is 1.89. The maximum Gasteiger partial charge on any atom is 0.0820 e. The van der Waals surface area contributed by atoms with Crippen LogP contribution in [0.4, 0.5) is 0 Å². The number of hydrogen-bond acceptors (Lipinski definition) is 2. The van der Waals surface area contributed by atoms with Crippen molar-refractivity contribution in [1.29, 1.82) is 0 Å². The molecule has 1 aromatic rings. The highest BCUT2D eigenvalue weighted by Crippen LogP contribution is 2.29. The van der Waals surface area contributed by atoms with Crippen molar-refractivity contribution in [2.75, 3.05) is 6.54 Å². The number of aryl methyl sites for hydroxylation is 1. The maximum atomic E-state index is 6.16. The summed E-state index contributed by atoms with van der Waals surface area (Å²) in [4.78, 5) is 0. The van der Waals surface area contributed by atoms with Crippen LogP contribution in [-0.2, 0) is 7.05 Å².